The number of β-amino-alcohol motifs (C(OH)–C–C–N with tert-alkyl or cyclic N) is 1. The lowest BCUT2D eigenvalue weighted by atomic mass is 10.0. The van der Waals surface area contributed by atoms with E-state index in [1.54, 1.807) is 18.2 Å². The van der Waals surface area contributed by atoms with Gasteiger partial charge in [-0.3, -0.25) is 4.79 Å². The van der Waals surface area contributed by atoms with Gasteiger partial charge in [-0.15, -0.1) is 0 Å². The van der Waals surface area contributed by atoms with Crippen LogP contribution in [0.4, 0.5) is 8.78 Å². The van der Waals surface area contributed by atoms with E-state index < -0.39 is 29.7 Å². The second-order valence-corrected chi connectivity index (χ2v) is 5.72. The predicted molar refractivity (Wildman–Crippen MR) is 81.9 cm³/mol. The normalized spacial score (nSPS) is 20.0. The van der Waals surface area contributed by atoms with Crippen LogP contribution in [0, 0.1) is 23.0 Å². The number of benzene rings is 2. The van der Waals surface area contributed by atoms with Gasteiger partial charge in [0.05, 0.1) is 23.8 Å². The number of likely N-dealkylation sites (tertiary alicyclic amines) is 1. The molecule has 2 atom stereocenters. The number of carbonyl (C=O) groups is 1. The van der Waals surface area contributed by atoms with Crippen LogP contribution in [0.15, 0.2) is 42.5 Å². The summed E-state index contributed by atoms with van der Waals surface area (Å²) in [6, 6.07) is 10.4. The number of aliphatic hydroxyl groups excluding tert-OH is 1. The van der Waals surface area contributed by atoms with E-state index in [0.717, 1.165) is 18.2 Å². The Hall–Kier alpha value is -2.78. The summed E-state index contributed by atoms with van der Waals surface area (Å²) in [4.78, 5) is 14.0. The van der Waals surface area contributed by atoms with Crippen LogP contribution in [0.2, 0.25) is 0 Å². The number of halogens is 2. The Balaban J connectivity index is 1.97. The van der Waals surface area contributed by atoms with Crippen LogP contribution in [0.5, 0.6) is 0 Å². The molecule has 2 aromatic rings. The average Bonchev–Trinajstić information content (AvgIpc) is 2.98. The SMILES string of the molecule is N#Cc1cccc(C(=O)N2CC(O)CC2c2cc(F)ccc2F)c1. The van der Waals surface area contributed by atoms with Crippen molar-refractivity contribution in [1.82, 2.24) is 4.90 Å². The fourth-order valence-corrected chi connectivity index (χ4v) is 2.99. The van der Waals surface area contributed by atoms with E-state index in [4.69, 9.17) is 5.26 Å². The van der Waals surface area contributed by atoms with Crippen molar-refractivity contribution >= 4 is 5.91 Å². The molecular formula is C18H14F2N2O2. The number of hydrogen-bond donors (Lipinski definition) is 1. The second kappa shape index (κ2) is 6.38. The first-order chi connectivity index (χ1) is 11.5. The average molecular weight is 328 g/mol. The second-order valence-electron chi connectivity index (χ2n) is 5.72. The standard InChI is InChI=1S/C18H14F2N2O2/c19-13-4-5-16(20)15(7-13)17-8-14(23)10-22(17)18(24)12-3-1-2-11(6-12)9-21/h1-7,14,17,23H,8,10H2. The van der Waals surface area contributed by atoms with Crippen LogP contribution in [-0.2, 0) is 0 Å². The summed E-state index contributed by atoms with van der Waals surface area (Å²) < 4.78 is 27.6. The summed E-state index contributed by atoms with van der Waals surface area (Å²) >= 11 is 0. The summed E-state index contributed by atoms with van der Waals surface area (Å²) in [6.45, 7) is 0.0240. The smallest absolute Gasteiger partial charge is 0.254 e. The van der Waals surface area contributed by atoms with Gasteiger partial charge in [0, 0.05) is 17.7 Å². The molecule has 0 spiro atoms. The first kappa shape index (κ1) is 16.1. The molecule has 1 aliphatic rings. The van der Waals surface area contributed by atoms with Crippen molar-refractivity contribution in [1.29, 1.82) is 5.26 Å². The maximum absolute atomic E-state index is 14.1. The number of nitriles is 1. The molecule has 0 bridgehead atoms. The third kappa shape index (κ3) is 2.99. The quantitative estimate of drug-likeness (QED) is 0.922. The first-order valence-electron chi connectivity index (χ1n) is 7.43. The van der Waals surface area contributed by atoms with Gasteiger partial charge in [0.2, 0.25) is 0 Å². The zero-order chi connectivity index (χ0) is 17.3. The van der Waals surface area contributed by atoms with Gasteiger partial charge in [-0.1, -0.05) is 6.07 Å². The van der Waals surface area contributed by atoms with E-state index in [-0.39, 0.29) is 24.1 Å². The topological polar surface area (TPSA) is 64.3 Å². The maximum Gasteiger partial charge on any atom is 0.254 e. The van der Waals surface area contributed by atoms with Crippen molar-refractivity contribution in [3.8, 4) is 6.07 Å². The molecule has 2 unspecified atom stereocenters. The molecule has 122 valence electrons. The largest absolute Gasteiger partial charge is 0.391 e. The van der Waals surface area contributed by atoms with Crippen LogP contribution in [0.1, 0.15) is 33.9 Å². The van der Waals surface area contributed by atoms with E-state index in [0.29, 0.717) is 5.56 Å². The minimum Gasteiger partial charge on any atom is -0.391 e. The zero-order valence-corrected chi connectivity index (χ0v) is 12.6. The van der Waals surface area contributed by atoms with Crippen molar-refractivity contribution in [2.24, 2.45) is 0 Å². The number of hydrogen-bond acceptors (Lipinski definition) is 3. The molecule has 4 nitrogen and oxygen atoms in total. The van der Waals surface area contributed by atoms with Gasteiger partial charge in [-0.05, 0) is 42.8 Å². The van der Waals surface area contributed by atoms with Gasteiger partial charge in [-0.25, -0.2) is 8.78 Å². The summed E-state index contributed by atoms with van der Waals surface area (Å²) in [5, 5.41) is 18.9. The number of nitrogens with zero attached hydrogens (tertiary/aromatic N) is 2. The van der Waals surface area contributed by atoms with Crippen molar-refractivity contribution in [2.75, 3.05) is 6.54 Å². The lowest BCUT2D eigenvalue weighted by Gasteiger charge is -2.25. The van der Waals surface area contributed by atoms with Crippen LogP contribution in [0.3, 0.4) is 0 Å². The molecule has 1 N–H and O–H groups in total. The van der Waals surface area contributed by atoms with Crippen LogP contribution in [0.25, 0.3) is 0 Å². The predicted octanol–water partition coefficient (Wildman–Crippen LogP) is 2.78. The van der Waals surface area contributed by atoms with Crippen LogP contribution >= 0.6 is 0 Å². The van der Waals surface area contributed by atoms with Crippen LogP contribution in [-0.4, -0.2) is 28.6 Å². The highest BCUT2D eigenvalue weighted by atomic mass is 19.1. The lowest BCUT2D eigenvalue weighted by molar-refractivity contribution is 0.0713. The molecule has 0 aliphatic carbocycles. The molecule has 6 heteroatoms. The Labute approximate surface area is 137 Å². The third-order valence-electron chi connectivity index (χ3n) is 4.10. The number of rotatable bonds is 2. The molecule has 3 rings (SSSR count). The molecular weight excluding hydrogens is 314 g/mol. The fraction of sp³-hybridized carbons (Fsp3) is 0.222. The molecule has 1 heterocycles. The Kier molecular flexibility index (Phi) is 4.28. The molecule has 1 amide bonds. The monoisotopic (exact) mass is 328 g/mol. The highest BCUT2D eigenvalue weighted by Crippen LogP contribution is 2.35. The van der Waals surface area contributed by atoms with Crippen LogP contribution < -0.4 is 0 Å². The molecule has 1 saturated heterocycles. The first-order valence-corrected chi connectivity index (χ1v) is 7.43. The lowest BCUT2D eigenvalue weighted by Crippen LogP contribution is -2.32. The van der Waals surface area contributed by atoms with E-state index in [2.05, 4.69) is 0 Å². The van der Waals surface area contributed by atoms with Gasteiger partial charge in [0.1, 0.15) is 11.6 Å². The number of carbonyl (C=O) groups excluding carboxylic acids is 1. The Bertz CT molecular complexity index is 832. The van der Waals surface area contributed by atoms with Gasteiger partial charge >= 0.3 is 0 Å². The summed E-state index contributed by atoms with van der Waals surface area (Å²) in [7, 11) is 0. The van der Waals surface area contributed by atoms with E-state index in [1.807, 2.05) is 6.07 Å². The Morgan fingerprint density at radius 1 is 1.25 bits per heavy atom. The summed E-state index contributed by atoms with van der Waals surface area (Å²) in [6.07, 6.45) is -0.690. The zero-order valence-electron chi connectivity index (χ0n) is 12.6. The minimum absolute atomic E-state index is 0.0240. The highest BCUT2D eigenvalue weighted by molar-refractivity contribution is 5.95. The summed E-state index contributed by atoms with van der Waals surface area (Å²) in [5.74, 6) is -1.66. The summed E-state index contributed by atoms with van der Waals surface area (Å²) in [5.41, 5.74) is 0.635. The van der Waals surface area contributed by atoms with Crippen molar-refractivity contribution < 1.29 is 18.7 Å². The van der Waals surface area contributed by atoms with Crippen molar-refractivity contribution in [2.45, 2.75) is 18.6 Å². The highest BCUT2D eigenvalue weighted by Gasteiger charge is 2.37. The van der Waals surface area contributed by atoms with E-state index >= 15 is 0 Å². The Morgan fingerprint density at radius 3 is 2.79 bits per heavy atom. The van der Waals surface area contributed by atoms with Gasteiger partial charge in [0.15, 0.2) is 0 Å². The molecule has 2 aromatic carbocycles. The van der Waals surface area contributed by atoms with E-state index in [1.165, 1.54) is 11.0 Å². The minimum atomic E-state index is -0.819. The van der Waals surface area contributed by atoms with Crippen molar-refractivity contribution in [3.05, 3.63) is 70.8 Å². The van der Waals surface area contributed by atoms with Gasteiger partial charge < -0.3 is 10.0 Å². The van der Waals surface area contributed by atoms with Crippen molar-refractivity contribution in [3.63, 3.8) is 0 Å². The molecule has 24 heavy (non-hydrogen) atoms. The van der Waals surface area contributed by atoms with Gasteiger partial charge in [-0.2, -0.15) is 5.26 Å². The molecule has 1 fully saturated rings. The fourth-order valence-electron chi connectivity index (χ4n) is 2.99. The van der Waals surface area contributed by atoms with E-state index in [9.17, 15) is 18.7 Å². The third-order valence-corrected chi connectivity index (χ3v) is 4.10. The maximum atomic E-state index is 14.1. The molecule has 0 aromatic heterocycles. The molecule has 0 radical (unpaired) electrons. The van der Waals surface area contributed by atoms with Gasteiger partial charge in [0.25, 0.3) is 5.91 Å². The molecule has 0 saturated carbocycles. The Morgan fingerprint density at radius 2 is 2.04 bits per heavy atom. The number of amides is 1. The molecule has 1 aliphatic heterocycles. The number of aliphatic hydroxyl groups is 1.